The van der Waals surface area contributed by atoms with Crippen molar-refractivity contribution in [2.24, 2.45) is 0 Å². The zero-order chi connectivity index (χ0) is 25.3. The number of para-hydroxylation sites is 2. The zero-order valence-electron chi connectivity index (χ0n) is 21.1. The Labute approximate surface area is 217 Å². The van der Waals surface area contributed by atoms with Crippen LogP contribution >= 0.6 is 0 Å². The van der Waals surface area contributed by atoms with Gasteiger partial charge in [-0.15, -0.1) is 0 Å². The summed E-state index contributed by atoms with van der Waals surface area (Å²) in [5.41, 5.74) is 10.9. The van der Waals surface area contributed by atoms with Gasteiger partial charge in [0.05, 0.1) is 22.1 Å². The van der Waals surface area contributed by atoms with Crippen LogP contribution in [0.5, 0.6) is 0 Å². The molecule has 2 aliphatic rings. The molecule has 0 spiro atoms. The number of benzene rings is 4. The van der Waals surface area contributed by atoms with Crippen LogP contribution in [0.2, 0.25) is 0 Å². The molecule has 3 nitrogen and oxygen atoms in total. The van der Waals surface area contributed by atoms with Gasteiger partial charge in [0.15, 0.2) is 0 Å². The molecule has 0 saturated carbocycles. The Morgan fingerprint density at radius 2 is 1.54 bits per heavy atom. The minimum Gasteiger partial charge on any atom is -0.423 e. The average Bonchev–Trinajstić information content (AvgIpc) is 3.26. The van der Waals surface area contributed by atoms with Crippen molar-refractivity contribution in [2.75, 3.05) is 0 Å². The Morgan fingerprint density at radius 1 is 0.757 bits per heavy atom. The van der Waals surface area contributed by atoms with Gasteiger partial charge in [-0.3, -0.25) is 0 Å². The fraction of sp³-hybridized carbons (Fsp3) is 0.152. The number of aromatic nitrogens is 1. The number of nitrogens with zero attached hydrogens (tertiary/aromatic N) is 1. The molecule has 7 rings (SSSR count). The smallest absolute Gasteiger partial charge is 0.423 e. The summed E-state index contributed by atoms with van der Waals surface area (Å²) < 4.78 is 2.37. The molecular weight excluding hydrogens is 453 g/mol. The predicted octanol–water partition coefficient (Wildman–Crippen LogP) is 6.09. The van der Waals surface area contributed by atoms with Crippen LogP contribution in [-0.4, -0.2) is 21.7 Å². The molecular formula is C33H28BNO2. The van der Waals surface area contributed by atoms with Crippen LogP contribution in [0.4, 0.5) is 0 Å². The summed E-state index contributed by atoms with van der Waals surface area (Å²) in [7, 11) is -1.54. The van der Waals surface area contributed by atoms with Gasteiger partial charge in [-0.25, -0.2) is 0 Å². The highest BCUT2D eigenvalue weighted by Gasteiger charge is 2.46. The maximum Gasteiger partial charge on any atom is 0.488 e. The first kappa shape index (κ1) is 22.4. The molecule has 1 atom stereocenters. The van der Waals surface area contributed by atoms with Crippen molar-refractivity contribution in [2.45, 2.75) is 32.1 Å². The van der Waals surface area contributed by atoms with Crippen LogP contribution in [0.15, 0.2) is 108 Å². The number of hydrogen-bond acceptors (Lipinski definition) is 2. The van der Waals surface area contributed by atoms with E-state index >= 15 is 0 Å². The second-order valence-electron chi connectivity index (χ2n) is 10.5. The quantitative estimate of drug-likeness (QED) is 0.307. The molecule has 2 N–H and O–H groups in total. The van der Waals surface area contributed by atoms with Crippen LogP contribution in [0.1, 0.15) is 42.0 Å². The van der Waals surface area contributed by atoms with Crippen molar-refractivity contribution in [3.05, 3.63) is 130 Å². The second-order valence-corrected chi connectivity index (χ2v) is 10.5. The minimum atomic E-state index is -1.54. The maximum atomic E-state index is 10.3. The van der Waals surface area contributed by atoms with Gasteiger partial charge in [-0.1, -0.05) is 102 Å². The molecule has 0 amide bonds. The molecule has 1 aliphatic heterocycles. The van der Waals surface area contributed by atoms with Gasteiger partial charge in [0.2, 0.25) is 0 Å². The van der Waals surface area contributed by atoms with E-state index in [2.05, 4.69) is 103 Å². The first-order valence-corrected chi connectivity index (χ1v) is 13.0. The topological polar surface area (TPSA) is 45.4 Å². The van der Waals surface area contributed by atoms with E-state index in [9.17, 15) is 10.0 Å². The summed E-state index contributed by atoms with van der Waals surface area (Å²) in [5, 5.41) is 23.0. The molecule has 0 radical (unpaired) electrons. The summed E-state index contributed by atoms with van der Waals surface area (Å²) in [6.45, 7) is 4.32. The van der Waals surface area contributed by atoms with Gasteiger partial charge in [-0.2, -0.15) is 0 Å². The third-order valence-electron chi connectivity index (χ3n) is 8.39. The molecule has 4 heteroatoms. The van der Waals surface area contributed by atoms with Gasteiger partial charge in [-0.05, 0) is 61.0 Å². The maximum absolute atomic E-state index is 10.3. The van der Waals surface area contributed by atoms with E-state index in [0.717, 1.165) is 29.6 Å². The Morgan fingerprint density at radius 3 is 2.30 bits per heavy atom. The predicted molar refractivity (Wildman–Crippen MR) is 153 cm³/mol. The average molecular weight is 481 g/mol. The van der Waals surface area contributed by atoms with Crippen molar-refractivity contribution < 1.29 is 10.0 Å². The van der Waals surface area contributed by atoms with Gasteiger partial charge in [0.25, 0.3) is 0 Å². The largest absolute Gasteiger partial charge is 0.488 e. The fourth-order valence-electron chi connectivity index (χ4n) is 6.63. The summed E-state index contributed by atoms with van der Waals surface area (Å²) in [6, 6.07) is 30.1. The van der Waals surface area contributed by atoms with E-state index in [1.54, 1.807) is 0 Å². The minimum absolute atomic E-state index is 0.505. The summed E-state index contributed by atoms with van der Waals surface area (Å²) in [5.74, 6) is 0. The van der Waals surface area contributed by atoms with Crippen molar-refractivity contribution in [1.82, 2.24) is 4.57 Å². The monoisotopic (exact) mass is 481 g/mol. The van der Waals surface area contributed by atoms with Crippen LogP contribution in [0.3, 0.4) is 0 Å². The Kier molecular flexibility index (Phi) is 4.88. The summed E-state index contributed by atoms with van der Waals surface area (Å²) in [4.78, 5) is 0. The molecule has 0 fully saturated rings. The Hall–Kier alpha value is -3.86. The number of aryl methyl sites for hydroxylation is 1. The third-order valence-corrected chi connectivity index (χ3v) is 8.39. The van der Waals surface area contributed by atoms with Gasteiger partial charge in [0, 0.05) is 10.8 Å². The Balaban J connectivity index is 1.74. The molecule has 2 heterocycles. The SMILES string of the molecule is CC1=CC=C(C2(c3ccc(C)cc3)c3cc(B(O)O)ccc3-n3c4ccccc4c4cccc2c43)CC1. The highest BCUT2D eigenvalue weighted by atomic mass is 16.4. The van der Waals surface area contributed by atoms with E-state index < -0.39 is 12.5 Å². The highest BCUT2D eigenvalue weighted by molar-refractivity contribution is 6.58. The molecule has 0 saturated heterocycles. The van der Waals surface area contributed by atoms with Crippen LogP contribution in [0, 0.1) is 6.92 Å². The third kappa shape index (κ3) is 3.03. The van der Waals surface area contributed by atoms with Crippen molar-refractivity contribution >= 4 is 34.4 Å². The fourth-order valence-corrected chi connectivity index (χ4v) is 6.63. The van der Waals surface area contributed by atoms with E-state index in [4.69, 9.17) is 0 Å². The van der Waals surface area contributed by atoms with Crippen LogP contribution < -0.4 is 5.46 Å². The first-order valence-electron chi connectivity index (χ1n) is 13.0. The normalized spacial score (nSPS) is 18.5. The molecule has 1 aliphatic carbocycles. The van der Waals surface area contributed by atoms with Gasteiger partial charge < -0.3 is 14.6 Å². The molecule has 0 bridgehead atoms. The van der Waals surface area contributed by atoms with E-state index in [1.165, 1.54) is 44.1 Å². The summed E-state index contributed by atoms with van der Waals surface area (Å²) in [6.07, 6.45) is 6.51. The van der Waals surface area contributed by atoms with Crippen molar-refractivity contribution in [3.8, 4) is 5.69 Å². The van der Waals surface area contributed by atoms with E-state index in [-0.39, 0.29) is 0 Å². The number of allylic oxidation sites excluding steroid dienone is 4. The van der Waals surface area contributed by atoms with Gasteiger partial charge >= 0.3 is 7.12 Å². The molecule has 37 heavy (non-hydrogen) atoms. The van der Waals surface area contributed by atoms with Crippen molar-refractivity contribution in [3.63, 3.8) is 0 Å². The van der Waals surface area contributed by atoms with Gasteiger partial charge in [0.1, 0.15) is 0 Å². The highest BCUT2D eigenvalue weighted by Crippen LogP contribution is 2.55. The number of rotatable bonds is 3. The molecule has 180 valence electrons. The molecule has 5 aromatic rings. The van der Waals surface area contributed by atoms with Crippen molar-refractivity contribution in [1.29, 1.82) is 0 Å². The molecule has 1 unspecified atom stereocenters. The number of hydrogen-bond donors (Lipinski definition) is 2. The Bertz CT molecular complexity index is 1770. The van der Waals surface area contributed by atoms with Crippen LogP contribution in [0.25, 0.3) is 27.5 Å². The molecule has 1 aromatic heterocycles. The van der Waals surface area contributed by atoms with Crippen LogP contribution in [-0.2, 0) is 5.41 Å². The lowest BCUT2D eigenvalue weighted by molar-refractivity contribution is 0.425. The van der Waals surface area contributed by atoms with E-state index in [0.29, 0.717) is 5.46 Å². The standard InChI is InChI=1S/C33H28BNO2/c1-21-10-14-23(15-11-21)33(24-16-12-22(2)13-17-24)28-8-5-7-27-26-6-3-4-9-30(26)35(32(27)28)31-19-18-25(34(36)37)20-29(31)33/h3-12,14-16,18-20,36-37H,13,17H2,1-2H3. The lowest BCUT2D eigenvalue weighted by atomic mass is 9.60. The van der Waals surface area contributed by atoms with E-state index in [1.807, 2.05) is 12.1 Å². The lowest BCUT2D eigenvalue weighted by Gasteiger charge is -2.44. The zero-order valence-corrected chi connectivity index (χ0v) is 21.1. The summed E-state index contributed by atoms with van der Waals surface area (Å²) >= 11 is 0. The second kappa shape index (κ2) is 8.07. The molecule has 4 aromatic carbocycles. The first-order chi connectivity index (χ1) is 18.0. The lowest BCUT2D eigenvalue weighted by Crippen LogP contribution is -2.39. The number of fused-ring (bicyclic) bond motifs is 5.